The van der Waals surface area contributed by atoms with Gasteiger partial charge < -0.3 is 10.1 Å². The Morgan fingerprint density at radius 1 is 1.44 bits per heavy atom. The van der Waals surface area contributed by atoms with Crippen molar-refractivity contribution in [2.24, 2.45) is 0 Å². The fourth-order valence-electron chi connectivity index (χ4n) is 2.31. The van der Waals surface area contributed by atoms with Crippen LogP contribution in [0, 0.1) is 0 Å². The summed E-state index contributed by atoms with van der Waals surface area (Å²) in [5.41, 5.74) is 1.27. The zero-order valence-electron chi connectivity index (χ0n) is 9.99. The van der Waals surface area contributed by atoms with Crippen molar-refractivity contribution >= 4 is 29.3 Å². The second-order valence-electron chi connectivity index (χ2n) is 4.62. The Bertz CT molecular complexity index is 537. The first-order valence-electron chi connectivity index (χ1n) is 5.81. The Balaban J connectivity index is 1.98. The van der Waals surface area contributed by atoms with Gasteiger partial charge in [-0.15, -0.1) is 11.8 Å². The van der Waals surface area contributed by atoms with Gasteiger partial charge >= 0.3 is 5.97 Å². The first kappa shape index (κ1) is 11.6. The van der Waals surface area contributed by atoms with Gasteiger partial charge in [0.25, 0.3) is 0 Å². The smallest absolute Gasteiger partial charge is 0.316 e. The summed E-state index contributed by atoms with van der Waals surface area (Å²) >= 11 is 1.52. The summed E-state index contributed by atoms with van der Waals surface area (Å²) < 4.78 is 4.87. The van der Waals surface area contributed by atoms with Crippen molar-refractivity contribution in [1.82, 2.24) is 0 Å². The quantitative estimate of drug-likeness (QED) is 0.828. The third kappa shape index (κ3) is 1.70. The number of esters is 1. The van der Waals surface area contributed by atoms with E-state index in [1.807, 2.05) is 18.2 Å². The minimum absolute atomic E-state index is 0.00700. The Morgan fingerprint density at radius 3 is 2.89 bits per heavy atom. The first-order valence-corrected chi connectivity index (χ1v) is 6.80. The molecule has 0 saturated heterocycles. The van der Waals surface area contributed by atoms with E-state index < -0.39 is 5.41 Å². The van der Waals surface area contributed by atoms with Crippen molar-refractivity contribution in [2.75, 3.05) is 18.2 Å². The molecule has 0 spiro atoms. The molecular weight excluding hydrogens is 250 g/mol. The third-order valence-corrected chi connectivity index (χ3v) is 4.56. The highest BCUT2D eigenvalue weighted by Gasteiger charge is 2.52. The van der Waals surface area contributed by atoms with E-state index in [1.165, 1.54) is 18.9 Å². The lowest BCUT2D eigenvalue weighted by Crippen LogP contribution is -2.23. The number of benzene rings is 1. The number of methoxy groups -OCH3 is 1. The molecule has 3 rings (SSSR count). The summed E-state index contributed by atoms with van der Waals surface area (Å²) in [6.45, 7) is 0. The van der Waals surface area contributed by atoms with Crippen LogP contribution in [0.1, 0.15) is 18.4 Å². The summed E-state index contributed by atoms with van der Waals surface area (Å²) in [7, 11) is 1.42. The average molecular weight is 263 g/mol. The molecule has 1 saturated carbocycles. The number of hydrogen-bond donors (Lipinski definition) is 1. The predicted octanol–water partition coefficient (Wildman–Crippen LogP) is 1.94. The summed E-state index contributed by atoms with van der Waals surface area (Å²) in [5, 5.41) is 2.85. The number of hydrogen-bond acceptors (Lipinski definition) is 4. The summed E-state index contributed by atoms with van der Waals surface area (Å²) in [4.78, 5) is 24.2. The van der Waals surface area contributed by atoms with Gasteiger partial charge in [-0.05, 0) is 30.5 Å². The molecule has 4 nitrogen and oxygen atoms in total. The highest BCUT2D eigenvalue weighted by atomic mass is 32.2. The fraction of sp³-hybridized carbons (Fsp3) is 0.385. The van der Waals surface area contributed by atoms with Gasteiger partial charge in [0.1, 0.15) is 0 Å². The van der Waals surface area contributed by atoms with E-state index in [0.29, 0.717) is 5.75 Å². The van der Waals surface area contributed by atoms with Crippen LogP contribution in [0.25, 0.3) is 0 Å². The van der Waals surface area contributed by atoms with Crippen LogP contribution in [0.3, 0.4) is 0 Å². The molecule has 1 amide bonds. The van der Waals surface area contributed by atoms with Crippen molar-refractivity contribution in [3.63, 3.8) is 0 Å². The molecule has 1 aromatic carbocycles. The molecule has 0 unspecified atom stereocenters. The van der Waals surface area contributed by atoms with Gasteiger partial charge in [-0.25, -0.2) is 0 Å². The maximum absolute atomic E-state index is 11.8. The molecule has 5 heteroatoms. The Labute approximate surface area is 109 Å². The molecule has 94 valence electrons. The lowest BCUT2D eigenvalue weighted by Gasteiger charge is -2.19. The summed E-state index contributed by atoms with van der Waals surface area (Å²) in [6.07, 6.45) is 1.64. The number of nitrogens with one attached hydrogen (secondary N) is 1. The molecule has 18 heavy (non-hydrogen) atoms. The van der Waals surface area contributed by atoms with E-state index in [0.717, 1.165) is 29.0 Å². The Hall–Kier alpha value is -1.49. The topological polar surface area (TPSA) is 55.4 Å². The number of fused-ring (bicyclic) bond motifs is 1. The van der Waals surface area contributed by atoms with Gasteiger partial charge in [0.15, 0.2) is 0 Å². The normalized spacial score (nSPS) is 19.7. The Kier molecular flexibility index (Phi) is 2.59. The van der Waals surface area contributed by atoms with Crippen molar-refractivity contribution < 1.29 is 14.3 Å². The largest absolute Gasteiger partial charge is 0.468 e. The van der Waals surface area contributed by atoms with Crippen LogP contribution in [-0.2, 0) is 19.7 Å². The van der Waals surface area contributed by atoms with Crippen LogP contribution >= 0.6 is 11.8 Å². The van der Waals surface area contributed by atoms with E-state index >= 15 is 0 Å². The third-order valence-electron chi connectivity index (χ3n) is 3.49. The zero-order chi connectivity index (χ0) is 12.8. The van der Waals surface area contributed by atoms with E-state index in [9.17, 15) is 9.59 Å². The second kappa shape index (κ2) is 4.02. The monoisotopic (exact) mass is 263 g/mol. The standard InChI is InChI=1S/C13H13NO3S/c1-17-12(16)13(4-5-13)8-2-3-10-9(6-8)14-11(15)7-18-10/h2-3,6H,4-5,7H2,1H3,(H,14,15). The fourth-order valence-corrected chi connectivity index (χ4v) is 3.10. The summed E-state index contributed by atoms with van der Waals surface area (Å²) in [6, 6.07) is 5.84. The molecule has 2 aliphatic rings. The first-order chi connectivity index (χ1) is 8.65. The van der Waals surface area contributed by atoms with Crippen LogP contribution in [0.2, 0.25) is 0 Å². The number of amides is 1. The van der Waals surface area contributed by atoms with Crippen molar-refractivity contribution in [3.05, 3.63) is 23.8 Å². The highest BCUT2D eigenvalue weighted by molar-refractivity contribution is 8.00. The minimum atomic E-state index is -0.476. The highest BCUT2D eigenvalue weighted by Crippen LogP contribution is 2.50. The molecule has 0 radical (unpaired) electrons. The van der Waals surface area contributed by atoms with Crippen LogP contribution < -0.4 is 5.32 Å². The number of thioether (sulfide) groups is 1. The van der Waals surface area contributed by atoms with E-state index in [2.05, 4.69) is 5.32 Å². The number of ether oxygens (including phenoxy) is 1. The maximum atomic E-state index is 11.8. The van der Waals surface area contributed by atoms with Crippen LogP contribution in [0.4, 0.5) is 5.69 Å². The van der Waals surface area contributed by atoms with Crippen LogP contribution in [0.5, 0.6) is 0 Å². The molecule has 1 aromatic rings. The van der Waals surface area contributed by atoms with Gasteiger partial charge in [-0.2, -0.15) is 0 Å². The van der Waals surface area contributed by atoms with Crippen molar-refractivity contribution in [2.45, 2.75) is 23.2 Å². The molecule has 0 aromatic heterocycles. The minimum Gasteiger partial charge on any atom is -0.468 e. The van der Waals surface area contributed by atoms with Crippen molar-refractivity contribution in [1.29, 1.82) is 0 Å². The number of carbonyl (C=O) groups is 2. The molecule has 1 fully saturated rings. The van der Waals surface area contributed by atoms with E-state index in [4.69, 9.17) is 4.74 Å². The number of anilines is 1. The lowest BCUT2D eigenvalue weighted by molar-refractivity contribution is -0.143. The van der Waals surface area contributed by atoms with Crippen LogP contribution in [-0.4, -0.2) is 24.7 Å². The van der Waals surface area contributed by atoms with Gasteiger partial charge in [0.05, 0.1) is 24.0 Å². The maximum Gasteiger partial charge on any atom is 0.316 e. The van der Waals surface area contributed by atoms with Gasteiger partial charge in [-0.3, -0.25) is 9.59 Å². The predicted molar refractivity (Wildman–Crippen MR) is 68.7 cm³/mol. The SMILES string of the molecule is COC(=O)C1(c2ccc3c(c2)NC(=O)CS3)CC1. The zero-order valence-corrected chi connectivity index (χ0v) is 10.8. The van der Waals surface area contributed by atoms with Crippen molar-refractivity contribution in [3.8, 4) is 0 Å². The van der Waals surface area contributed by atoms with E-state index in [-0.39, 0.29) is 11.9 Å². The number of rotatable bonds is 2. The molecule has 1 heterocycles. The molecule has 1 aliphatic carbocycles. The molecule has 0 atom stereocenters. The molecule has 1 N–H and O–H groups in total. The molecule has 1 aliphatic heterocycles. The van der Waals surface area contributed by atoms with Crippen LogP contribution in [0.15, 0.2) is 23.1 Å². The molecule has 0 bridgehead atoms. The lowest BCUT2D eigenvalue weighted by atomic mass is 9.95. The van der Waals surface area contributed by atoms with Gasteiger partial charge in [0, 0.05) is 4.90 Å². The van der Waals surface area contributed by atoms with E-state index in [1.54, 1.807) is 0 Å². The average Bonchev–Trinajstić information content (AvgIpc) is 3.18. The second-order valence-corrected chi connectivity index (χ2v) is 5.64. The van der Waals surface area contributed by atoms with Gasteiger partial charge in [0.2, 0.25) is 5.91 Å². The van der Waals surface area contributed by atoms with Gasteiger partial charge in [-0.1, -0.05) is 6.07 Å². The molecular formula is C13H13NO3S. The summed E-state index contributed by atoms with van der Waals surface area (Å²) in [5.74, 6) is 0.277. The Morgan fingerprint density at radius 2 is 2.22 bits per heavy atom. The number of carbonyl (C=O) groups excluding carboxylic acids is 2.